The van der Waals surface area contributed by atoms with Crippen molar-refractivity contribution in [2.45, 2.75) is 65.2 Å². The Balaban J connectivity index is 0.917. The molecule has 1 aliphatic carbocycles. The van der Waals surface area contributed by atoms with Crippen LogP contribution in [0.4, 0.5) is 34.1 Å². The van der Waals surface area contributed by atoms with Crippen LogP contribution in [0.3, 0.4) is 0 Å². The molecule has 0 radical (unpaired) electrons. The molecule has 5 nitrogen and oxygen atoms in total. The fourth-order valence-corrected chi connectivity index (χ4v) is 20.0. The molecular weight excluding hydrogens is 1550 g/mol. The molecule has 128 heavy (non-hydrogen) atoms. The van der Waals surface area contributed by atoms with Crippen molar-refractivity contribution in [3.63, 3.8) is 0 Å². The first kappa shape index (κ1) is 54.3. The monoisotopic (exact) mass is 1660 g/mol. The lowest BCUT2D eigenvalue weighted by Crippen LogP contribution is -2.61. The Kier molecular flexibility index (Phi) is 12.3. The van der Waals surface area contributed by atoms with Gasteiger partial charge in [0.15, 0.2) is 0 Å². The lowest BCUT2D eigenvalue weighted by atomic mass is 9.33. The Hall–Kier alpha value is -15.5. The molecule has 18 aromatic carbocycles. The van der Waals surface area contributed by atoms with Crippen molar-refractivity contribution in [2.75, 3.05) is 9.80 Å². The van der Waals surface area contributed by atoms with E-state index in [1.165, 1.54) is 9.13 Å². The van der Waals surface area contributed by atoms with Gasteiger partial charge in [0.1, 0.15) is 0 Å². The molecule has 0 amide bonds. The van der Waals surface area contributed by atoms with Crippen LogP contribution in [0.1, 0.15) is 104 Å². The number of hydrogen-bond donors (Lipinski definition) is 0. The van der Waals surface area contributed by atoms with Crippen LogP contribution in [-0.4, -0.2) is 20.2 Å². The summed E-state index contributed by atoms with van der Waals surface area (Å²) in [7, 11) is 0. The first-order chi connectivity index (χ1) is 72.8. The van der Waals surface area contributed by atoms with E-state index in [0.717, 1.165) is 121 Å². The number of para-hydroxylation sites is 4. The Morgan fingerprint density at radius 1 is 0.305 bits per heavy atom. The van der Waals surface area contributed by atoms with E-state index in [1.54, 1.807) is 12.1 Å². The first-order valence-corrected chi connectivity index (χ1v) is 43.1. The molecule has 22 aromatic rings. The first-order valence-electron chi connectivity index (χ1n) is 55.3. The molecule has 2 atom stereocenters. The van der Waals surface area contributed by atoms with E-state index in [0.29, 0.717) is 45.0 Å². The minimum absolute atomic E-state index is 0.155. The van der Waals surface area contributed by atoms with Gasteiger partial charge in [0, 0.05) is 90.8 Å². The molecule has 0 N–H and O–H groups in total. The van der Waals surface area contributed by atoms with E-state index in [9.17, 15) is 24.7 Å². The van der Waals surface area contributed by atoms with Crippen molar-refractivity contribution in [3.8, 4) is 89.3 Å². The zero-order valence-corrected chi connectivity index (χ0v) is 70.5. The van der Waals surface area contributed by atoms with Gasteiger partial charge >= 0.3 is 0 Å². The van der Waals surface area contributed by atoms with Gasteiger partial charge in [-0.2, -0.15) is 0 Å². The van der Waals surface area contributed by atoms with Crippen molar-refractivity contribution in [1.82, 2.24) is 13.5 Å². The van der Waals surface area contributed by atoms with Gasteiger partial charge in [-0.1, -0.05) is 357 Å². The number of fused-ring (bicyclic) bond motifs is 18. The number of allylic oxidation sites excluding steroid dienone is 4. The second-order valence-electron chi connectivity index (χ2n) is 35.3. The smallest absolute Gasteiger partial charge is 0.252 e. The summed E-state index contributed by atoms with van der Waals surface area (Å²) in [6, 6.07) is 79.8. The predicted molar refractivity (Wildman–Crippen MR) is 546 cm³/mol. The van der Waals surface area contributed by atoms with Gasteiger partial charge in [0.2, 0.25) is 0 Å². The summed E-state index contributed by atoms with van der Waals surface area (Å²) in [5, 5.41) is 2.18. The van der Waals surface area contributed by atoms with Gasteiger partial charge in [-0.3, -0.25) is 0 Å². The minimum Gasteiger partial charge on any atom is -0.309 e. The van der Waals surface area contributed by atoms with Crippen LogP contribution in [-0.2, 0) is 10.8 Å². The molecule has 0 saturated carbocycles. The summed E-state index contributed by atoms with van der Waals surface area (Å²) in [5.41, 5.74) is 16.0. The lowest BCUT2D eigenvalue weighted by Gasteiger charge is -2.46. The van der Waals surface area contributed by atoms with Gasteiger partial charge in [0.05, 0.1) is 91.5 Å². The highest BCUT2D eigenvalue weighted by atomic mass is 15.2. The third kappa shape index (κ3) is 11.7. The zero-order chi connectivity index (χ0) is 106. The van der Waals surface area contributed by atoms with Crippen molar-refractivity contribution >= 4 is 145 Å². The highest BCUT2D eigenvalue weighted by Gasteiger charge is 2.49. The van der Waals surface area contributed by atoms with Crippen molar-refractivity contribution in [1.29, 1.82) is 0 Å². The fourth-order valence-electron chi connectivity index (χ4n) is 20.0. The normalized spacial score (nSPS) is 17.3. The molecule has 606 valence electrons. The maximum atomic E-state index is 10.7. The average Bonchev–Trinajstić information content (AvgIpc) is 1.43. The SMILES string of the molecule is [2H]C1=C([2H])C([2H])C([2H])C([2H])=C1c1c([2H])c([2H])c2c(c1[2H])c1c([2H])c([2H])c([2H])c([2H])c1n2-c1ccc2c(c1)N(c1c(-c3ccccc3)cc(C(C)(C)C)cc1-c1ccc(-c3ccccc3)cc1)c1c3c(c4c5ccccc5n5c6ccccc6c1c45)N(c1c(-c4ccccc4)cc(C(C)(C)C)cc1-c1ccc(-c4ccccc4)cc1)c1cc(-n4c5c([2H])c([2H])c([2H])c([2H])c5c5c([2H])c(-c6c([2H])c([2H])c([2H])c([2H])c6[2H])c([2H])c([2H])c54)ccc1B23. The molecule has 25 rings (SSSR count). The predicted octanol–water partition coefficient (Wildman–Crippen LogP) is 31.1. The third-order valence-corrected chi connectivity index (χ3v) is 26.0. The third-order valence-electron chi connectivity index (χ3n) is 26.0. The van der Waals surface area contributed by atoms with Gasteiger partial charge in [-0.05, 0) is 215 Å². The largest absolute Gasteiger partial charge is 0.309 e. The van der Waals surface area contributed by atoms with Gasteiger partial charge in [-0.25, -0.2) is 0 Å². The molecule has 0 fully saturated rings. The molecule has 3 aliphatic rings. The van der Waals surface area contributed by atoms with Gasteiger partial charge in [0.25, 0.3) is 6.71 Å². The van der Waals surface area contributed by atoms with E-state index in [4.69, 9.17) is 8.22 Å². The van der Waals surface area contributed by atoms with E-state index in [1.807, 2.05) is 121 Å². The number of rotatable bonds is 12. The second kappa shape index (κ2) is 29.0. The summed E-state index contributed by atoms with van der Waals surface area (Å²) in [4.78, 5) is 4.72. The van der Waals surface area contributed by atoms with Crippen molar-refractivity contribution in [2.24, 2.45) is 0 Å². The Bertz CT molecular complexity index is 9580. The van der Waals surface area contributed by atoms with E-state index >= 15 is 0 Å². The zero-order valence-electron chi connectivity index (χ0n) is 94.5. The van der Waals surface area contributed by atoms with E-state index in [-0.39, 0.29) is 55.0 Å². The molecule has 0 bridgehead atoms. The number of aromatic nitrogens is 3. The van der Waals surface area contributed by atoms with E-state index in [2.05, 4.69) is 201 Å². The molecule has 6 heterocycles. The molecule has 0 saturated heterocycles. The van der Waals surface area contributed by atoms with Gasteiger partial charge < -0.3 is 23.3 Å². The topological polar surface area (TPSA) is 20.8 Å². The highest BCUT2D eigenvalue weighted by molar-refractivity contribution is 7.01. The second-order valence-corrected chi connectivity index (χ2v) is 35.3. The number of anilines is 6. The summed E-state index contributed by atoms with van der Waals surface area (Å²) in [6.45, 7) is 12.1. The fraction of sp³-hybridized carbons (Fsp3) is 0.0820. The summed E-state index contributed by atoms with van der Waals surface area (Å²) in [5.74, 6) is 0. The molecule has 2 unspecified atom stereocenters. The van der Waals surface area contributed by atoms with Crippen LogP contribution >= 0.6 is 0 Å². The molecule has 4 aromatic heterocycles. The number of hydrogen-bond acceptors (Lipinski definition) is 2. The quantitative estimate of drug-likeness (QED) is 0.114. The molecule has 6 heteroatoms. The molecule has 2 aliphatic heterocycles. The van der Waals surface area contributed by atoms with E-state index < -0.39 is 186 Å². The standard InChI is InChI=1S/C122H90BN5/c1-121(2,3)89-71-97(83-41-21-11-22-42-83)116(99(73-89)85-57-53-81(54-58-85)77-33-13-7-14-34-77)127-111-75-91(124-105-49-29-25-45-93(105)101-69-87(61-67-109(101)124)79-37-17-9-18-38-79)63-65-103(111)123-104-66-64-92(125-106-50-30-26-46-94(106)102-70-88(62-68-110(102)125)80-39-19-10-20-40-80)76-112(104)128(120-114-96-48-28-32-52-108(96)126-107-51-31-27-47-95(107)113(118(114)126)119(127)115(120)123)117-98(84-43-23-12-24-44-84)72-90(122(4,5)6)74-100(117)86-59-55-82(56-60-86)78-35-15-8-16-36-78/h7-9,11-19,21-76H,10,20H2,1-6H3/i9D,10D,17D,18D,19D,20D,25D,26D,29D,30D,37D,38D,39D,40D,45D,46D,49D,50D,61D,62D,67D,68D,69D,70D. The van der Waals surface area contributed by atoms with Crippen LogP contribution in [0.25, 0.3) is 177 Å². The van der Waals surface area contributed by atoms with Crippen LogP contribution < -0.4 is 26.2 Å². The van der Waals surface area contributed by atoms with Crippen LogP contribution in [0.15, 0.2) is 412 Å². The number of benzene rings is 18. The highest BCUT2D eigenvalue weighted by Crippen LogP contribution is 2.60. The average molecular weight is 1660 g/mol. The Morgan fingerprint density at radius 2 is 0.688 bits per heavy atom. The lowest BCUT2D eigenvalue weighted by molar-refractivity contribution is 0.590. The summed E-state index contributed by atoms with van der Waals surface area (Å²) in [6.07, 6.45) is -3.44. The van der Waals surface area contributed by atoms with Crippen LogP contribution in [0.5, 0.6) is 0 Å². The molecular formula is C122H90BN5. The minimum atomic E-state index is -1.76. The molecule has 0 spiro atoms. The maximum absolute atomic E-state index is 10.7. The van der Waals surface area contributed by atoms with Gasteiger partial charge in [-0.15, -0.1) is 0 Å². The Labute approximate surface area is 780 Å². The Morgan fingerprint density at radius 3 is 1.15 bits per heavy atom. The van der Waals surface area contributed by atoms with Crippen molar-refractivity contribution < 1.29 is 32.9 Å². The summed E-state index contributed by atoms with van der Waals surface area (Å²) >= 11 is 0. The van der Waals surface area contributed by atoms with Crippen LogP contribution in [0, 0.1) is 0 Å². The number of nitrogens with zero attached hydrogens (tertiary/aromatic N) is 5. The van der Waals surface area contributed by atoms with Crippen LogP contribution in [0.2, 0.25) is 0 Å². The maximum Gasteiger partial charge on any atom is 0.252 e. The van der Waals surface area contributed by atoms with Crippen molar-refractivity contribution in [3.05, 3.63) is 429 Å². The summed E-state index contributed by atoms with van der Waals surface area (Å²) < 4.78 is 239.